The molecule has 0 aliphatic heterocycles. The predicted molar refractivity (Wildman–Crippen MR) is 156 cm³/mol. The standard InChI is InChI=1S/C34H59O/c1-2-3-4-5-6-7-8-9-10-11-12-13-14-15-16-17-18-19-20-21-22-23-24-25-26-27-28-29-30-31-32-33-34-35/h2-16,21-33H2,1H3. The molecule has 0 rings (SSSR count). The molecule has 0 saturated heterocycles. The van der Waals surface area contributed by atoms with E-state index in [1.807, 2.05) is 6.29 Å². The molecule has 0 atom stereocenters. The minimum atomic E-state index is 0.622. The first-order valence-corrected chi connectivity index (χ1v) is 15.7. The number of hydrogen-bond donors (Lipinski definition) is 0. The maximum atomic E-state index is 10.1. The SMILES string of the molecule is CCCCCCCCCCCCCCCCC#CC#CCCCCCCCCCCCCC[C]=O. The summed E-state index contributed by atoms with van der Waals surface area (Å²) in [5, 5.41) is 0. The lowest BCUT2D eigenvalue weighted by Gasteiger charge is -2.02. The Morgan fingerprint density at radius 3 is 0.886 bits per heavy atom. The summed E-state index contributed by atoms with van der Waals surface area (Å²) in [4.78, 5) is 10.1. The van der Waals surface area contributed by atoms with Crippen LogP contribution in [0, 0.1) is 23.7 Å². The summed E-state index contributed by atoms with van der Waals surface area (Å²) in [6.07, 6.45) is 38.5. The van der Waals surface area contributed by atoms with E-state index in [2.05, 4.69) is 30.6 Å². The van der Waals surface area contributed by atoms with Gasteiger partial charge >= 0.3 is 0 Å². The summed E-state index contributed by atoms with van der Waals surface area (Å²) >= 11 is 0. The topological polar surface area (TPSA) is 17.1 Å². The van der Waals surface area contributed by atoms with E-state index in [9.17, 15) is 4.79 Å². The van der Waals surface area contributed by atoms with Crippen LogP contribution in [0.15, 0.2) is 0 Å². The van der Waals surface area contributed by atoms with Crippen LogP contribution in [0.2, 0.25) is 0 Å². The highest BCUT2D eigenvalue weighted by Crippen LogP contribution is 2.14. The van der Waals surface area contributed by atoms with Gasteiger partial charge in [0.05, 0.1) is 0 Å². The molecule has 1 heteroatoms. The van der Waals surface area contributed by atoms with Crippen molar-refractivity contribution in [2.75, 3.05) is 0 Å². The lowest BCUT2D eigenvalue weighted by molar-refractivity contribution is 0.534. The van der Waals surface area contributed by atoms with Crippen LogP contribution < -0.4 is 0 Å². The van der Waals surface area contributed by atoms with E-state index in [0.29, 0.717) is 6.42 Å². The van der Waals surface area contributed by atoms with E-state index in [1.54, 1.807) is 0 Å². The van der Waals surface area contributed by atoms with Gasteiger partial charge in [0.25, 0.3) is 0 Å². The third-order valence-corrected chi connectivity index (χ3v) is 6.98. The molecule has 0 aromatic heterocycles. The first-order valence-electron chi connectivity index (χ1n) is 15.7. The zero-order valence-electron chi connectivity index (χ0n) is 23.7. The van der Waals surface area contributed by atoms with Gasteiger partial charge in [0.2, 0.25) is 0 Å². The highest BCUT2D eigenvalue weighted by Gasteiger charge is 1.95. The van der Waals surface area contributed by atoms with E-state index >= 15 is 0 Å². The molecule has 35 heavy (non-hydrogen) atoms. The van der Waals surface area contributed by atoms with Gasteiger partial charge in [-0.15, -0.1) is 0 Å². The quantitative estimate of drug-likeness (QED) is 0.0838. The first-order chi connectivity index (χ1) is 17.4. The van der Waals surface area contributed by atoms with Gasteiger partial charge in [-0.3, -0.25) is 4.79 Å². The van der Waals surface area contributed by atoms with Crippen LogP contribution in [0.3, 0.4) is 0 Å². The first kappa shape index (κ1) is 33.8. The third kappa shape index (κ3) is 32.8. The molecule has 0 N–H and O–H groups in total. The normalized spacial score (nSPS) is 10.4. The van der Waals surface area contributed by atoms with Crippen molar-refractivity contribution in [1.82, 2.24) is 0 Å². The van der Waals surface area contributed by atoms with Crippen LogP contribution in [0.25, 0.3) is 0 Å². The van der Waals surface area contributed by atoms with Crippen LogP contribution in [0.4, 0.5) is 0 Å². The van der Waals surface area contributed by atoms with Crippen LogP contribution in [0.5, 0.6) is 0 Å². The molecule has 0 amide bonds. The summed E-state index contributed by atoms with van der Waals surface area (Å²) in [7, 11) is 0. The maximum Gasteiger partial charge on any atom is 0.198 e. The Balaban J connectivity index is 3.20. The van der Waals surface area contributed by atoms with Gasteiger partial charge in [-0.05, 0) is 31.1 Å². The summed E-state index contributed by atoms with van der Waals surface area (Å²) < 4.78 is 0. The monoisotopic (exact) mass is 483 g/mol. The van der Waals surface area contributed by atoms with E-state index in [1.165, 1.54) is 154 Å². The molecule has 0 spiro atoms. The second-order valence-electron chi connectivity index (χ2n) is 10.5. The number of carbonyl (C=O) groups excluding carboxylic acids is 1. The van der Waals surface area contributed by atoms with Crippen molar-refractivity contribution >= 4 is 6.29 Å². The van der Waals surface area contributed by atoms with E-state index in [0.717, 1.165) is 19.3 Å². The Kier molecular flexibility index (Phi) is 31.7. The van der Waals surface area contributed by atoms with Crippen LogP contribution in [-0.2, 0) is 4.79 Å². The van der Waals surface area contributed by atoms with Crippen molar-refractivity contribution in [3.63, 3.8) is 0 Å². The summed E-state index contributed by atoms with van der Waals surface area (Å²) in [6, 6.07) is 0. The Hall–Kier alpha value is -1.21. The van der Waals surface area contributed by atoms with E-state index in [4.69, 9.17) is 0 Å². The molecule has 0 aliphatic carbocycles. The van der Waals surface area contributed by atoms with Gasteiger partial charge in [0, 0.05) is 19.3 Å². The molecule has 1 nitrogen and oxygen atoms in total. The molecule has 0 fully saturated rings. The van der Waals surface area contributed by atoms with Crippen LogP contribution in [-0.4, -0.2) is 6.29 Å². The van der Waals surface area contributed by atoms with E-state index in [-0.39, 0.29) is 0 Å². The van der Waals surface area contributed by atoms with Gasteiger partial charge in [-0.1, -0.05) is 160 Å². The second kappa shape index (κ2) is 32.8. The Morgan fingerprint density at radius 1 is 0.343 bits per heavy atom. The van der Waals surface area contributed by atoms with Gasteiger partial charge < -0.3 is 0 Å². The van der Waals surface area contributed by atoms with Crippen molar-refractivity contribution in [2.24, 2.45) is 0 Å². The second-order valence-corrected chi connectivity index (χ2v) is 10.5. The van der Waals surface area contributed by atoms with Crippen molar-refractivity contribution < 1.29 is 4.79 Å². The van der Waals surface area contributed by atoms with Gasteiger partial charge in [0.1, 0.15) is 0 Å². The molecule has 201 valence electrons. The molecule has 0 aromatic carbocycles. The van der Waals surface area contributed by atoms with Gasteiger partial charge in [-0.2, -0.15) is 0 Å². The number of unbranched alkanes of at least 4 members (excludes halogenated alkanes) is 26. The Morgan fingerprint density at radius 2 is 0.600 bits per heavy atom. The van der Waals surface area contributed by atoms with Crippen molar-refractivity contribution in [1.29, 1.82) is 0 Å². The minimum Gasteiger partial charge on any atom is -0.291 e. The third-order valence-electron chi connectivity index (χ3n) is 6.98. The van der Waals surface area contributed by atoms with Crippen LogP contribution in [0.1, 0.15) is 187 Å². The fraction of sp³-hybridized carbons (Fsp3) is 0.853. The molecular weight excluding hydrogens is 424 g/mol. The average molecular weight is 484 g/mol. The summed E-state index contributed by atoms with van der Waals surface area (Å²) in [5.74, 6) is 12.6. The van der Waals surface area contributed by atoms with Crippen molar-refractivity contribution in [3.8, 4) is 23.7 Å². The fourth-order valence-corrected chi connectivity index (χ4v) is 4.62. The van der Waals surface area contributed by atoms with E-state index < -0.39 is 0 Å². The van der Waals surface area contributed by atoms with Crippen molar-refractivity contribution in [3.05, 3.63) is 0 Å². The largest absolute Gasteiger partial charge is 0.291 e. The van der Waals surface area contributed by atoms with Gasteiger partial charge in [0.15, 0.2) is 6.29 Å². The summed E-state index contributed by atoms with van der Waals surface area (Å²) in [5.41, 5.74) is 0. The Labute approximate surface area is 221 Å². The molecule has 0 bridgehead atoms. The van der Waals surface area contributed by atoms with Crippen molar-refractivity contribution in [2.45, 2.75) is 187 Å². The zero-order chi connectivity index (χ0) is 25.3. The maximum absolute atomic E-state index is 10.1. The molecule has 0 aliphatic rings. The lowest BCUT2D eigenvalue weighted by atomic mass is 10.0. The highest BCUT2D eigenvalue weighted by molar-refractivity contribution is 5.50. The van der Waals surface area contributed by atoms with Crippen LogP contribution >= 0.6 is 0 Å². The number of rotatable bonds is 27. The molecular formula is C34H59O. The van der Waals surface area contributed by atoms with Gasteiger partial charge in [-0.25, -0.2) is 0 Å². The zero-order valence-corrected chi connectivity index (χ0v) is 23.7. The molecule has 0 saturated carbocycles. The molecule has 0 aromatic rings. The smallest absolute Gasteiger partial charge is 0.198 e. The number of hydrogen-bond acceptors (Lipinski definition) is 1. The average Bonchev–Trinajstić information content (AvgIpc) is 2.87. The Bertz CT molecular complexity index is 526. The predicted octanol–water partition coefficient (Wildman–Crippen LogP) is 11.0. The molecule has 0 heterocycles. The lowest BCUT2D eigenvalue weighted by Crippen LogP contribution is -1.83. The summed E-state index contributed by atoms with van der Waals surface area (Å²) in [6.45, 7) is 2.29. The molecule has 0 unspecified atom stereocenters. The fourth-order valence-electron chi connectivity index (χ4n) is 4.62. The molecule has 1 radical (unpaired) electrons. The minimum absolute atomic E-state index is 0.622. The highest BCUT2D eigenvalue weighted by atomic mass is 16.1.